The van der Waals surface area contributed by atoms with Crippen molar-refractivity contribution in [3.05, 3.63) is 48.0 Å². The molecule has 0 saturated heterocycles. The van der Waals surface area contributed by atoms with E-state index in [1.807, 2.05) is 42.5 Å². The highest BCUT2D eigenvalue weighted by molar-refractivity contribution is 5.84. The molecule has 0 aromatic heterocycles. The second kappa shape index (κ2) is 7.18. The molecule has 1 aromatic rings. The number of carbonyl (C=O) groups is 2. The summed E-state index contributed by atoms with van der Waals surface area (Å²) in [6.07, 6.45) is 4.03. The first kappa shape index (κ1) is 16.7. The molecule has 128 valence electrons. The molecule has 2 aliphatic rings. The Hall–Kier alpha value is -2.14. The molecule has 1 unspecified atom stereocenters. The van der Waals surface area contributed by atoms with E-state index < -0.39 is 11.8 Å². The average molecular weight is 330 g/mol. The number of hydrogen-bond acceptors (Lipinski definition) is 5. The van der Waals surface area contributed by atoms with Gasteiger partial charge >= 0.3 is 11.9 Å². The van der Waals surface area contributed by atoms with Crippen LogP contribution < -0.4 is 0 Å². The second-order valence-electron chi connectivity index (χ2n) is 6.30. The van der Waals surface area contributed by atoms with Crippen molar-refractivity contribution in [3.8, 4) is 0 Å². The second-order valence-corrected chi connectivity index (χ2v) is 6.30. The fourth-order valence-electron chi connectivity index (χ4n) is 4.04. The normalized spacial score (nSPS) is 30.3. The summed E-state index contributed by atoms with van der Waals surface area (Å²) in [5.74, 6) is -1.65. The Morgan fingerprint density at radius 1 is 0.917 bits per heavy atom. The summed E-state index contributed by atoms with van der Waals surface area (Å²) in [7, 11) is 2.71. The van der Waals surface area contributed by atoms with Gasteiger partial charge in [0.25, 0.3) is 0 Å². The molecule has 1 fully saturated rings. The SMILES string of the molecule is COC(=O)[C@@H]1[C@H](C(=O)OC)[C@@H]2C=C[C@H]1C2COCc1ccccc1. The van der Waals surface area contributed by atoms with Crippen LogP contribution in [0.4, 0.5) is 0 Å². The van der Waals surface area contributed by atoms with Crippen LogP contribution in [0.25, 0.3) is 0 Å². The van der Waals surface area contributed by atoms with Crippen LogP contribution in [0.15, 0.2) is 42.5 Å². The molecule has 2 aliphatic carbocycles. The van der Waals surface area contributed by atoms with Gasteiger partial charge in [-0.3, -0.25) is 9.59 Å². The van der Waals surface area contributed by atoms with Crippen LogP contribution in [-0.4, -0.2) is 32.8 Å². The highest BCUT2D eigenvalue weighted by Gasteiger charge is 2.58. The lowest BCUT2D eigenvalue weighted by molar-refractivity contribution is -0.158. The quantitative estimate of drug-likeness (QED) is 0.591. The van der Waals surface area contributed by atoms with Crippen molar-refractivity contribution in [2.75, 3.05) is 20.8 Å². The van der Waals surface area contributed by atoms with E-state index in [-0.39, 0.29) is 29.7 Å². The predicted molar refractivity (Wildman–Crippen MR) is 86.7 cm³/mol. The van der Waals surface area contributed by atoms with Crippen LogP contribution in [0.2, 0.25) is 0 Å². The van der Waals surface area contributed by atoms with Crippen molar-refractivity contribution in [3.63, 3.8) is 0 Å². The number of esters is 2. The molecular formula is C19H22O5. The van der Waals surface area contributed by atoms with Crippen molar-refractivity contribution >= 4 is 11.9 Å². The molecule has 0 radical (unpaired) electrons. The predicted octanol–water partition coefficient (Wildman–Crippen LogP) is 2.21. The van der Waals surface area contributed by atoms with Crippen molar-refractivity contribution < 1.29 is 23.8 Å². The number of methoxy groups -OCH3 is 2. The maximum atomic E-state index is 12.2. The number of hydrogen-bond donors (Lipinski definition) is 0. The molecule has 3 rings (SSSR count). The van der Waals surface area contributed by atoms with Crippen LogP contribution in [-0.2, 0) is 30.4 Å². The monoisotopic (exact) mass is 330 g/mol. The lowest BCUT2D eigenvalue weighted by atomic mass is 9.83. The summed E-state index contributed by atoms with van der Waals surface area (Å²) in [6.45, 7) is 1.01. The van der Waals surface area contributed by atoms with Crippen LogP contribution in [0.1, 0.15) is 5.56 Å². The van der Waals surface area contributed by atoms with E-state index in [9.17, 15) is 9.59 Å². The topological polar surface area (TPSA) is 61.8 Å². The van der Waals surface area contributed by atoms with Gasteiger partial charge in [0.1, 0.15) is 0 Å². The van der Waals surface area contributed by atoms with Gasteiger partial charge in [-0.2, -0.15) is 0 Å². The molecule has 0 spiro atoms. The van der Waals surface area contributed by atoms with Gasteiger partial charge in [0.15, 0.2) is 0 Å². The lowest BCUT2D eigenvalue weighted by Crippen LogP contribution is -2.34. The van der Waals surface area contributed by atoms with Crippen molar-refractivity contribution in [1.82, 2.24) is 0 Å². The summed E-state index contributed by atoms with van der Waals surface area (Å²) >= 11 is 0. The van der Waals surface area contributed by atoms with E-state index in [0.717, 1.165) is 5.56 Å². The van der Waals surface area contributed by atoms with Gasteiger partial charge in [-0.25, -0.2) is 0 Å². The number of carbonyl (C=O) groups excluding carboxylic acids is 2. The van der Waals surface area contributed by atoms with Gasteiger partial charge in [0.05, 0.1) is 39.3 Å². The molecule has 5 nitrogen and oxygen atoms in total. The van der Waals surface area contributed by atoms with Crippen molar-refractivity contribution in [1.29, 1.82) is 0 Å². The highest BCUT2D eigenvalue weighted by Crippen LogP contribution is 2.53. The van der Waals surface area contributed by atoms with Crippen LogP contribution in [0.3, 0.4) is 0 Å². The first-order valence-electron chi connectivity index (χ1n) is 8.13. The largest absolute Gasteiger partial charge is 0.469 e. The third-order valence-corrected chi connectivity index (χ3v) is 5.13. The maximum absolute atomic E-state index is 12.2. The molecule has 0 heterocycles. The molecule has 5 atom stereocenters. The maximum Gasteiger partial charge on any atom is 0.310 e. The standard InChI is InChI=1S/C19H22O5/c1-22-18(20)16-13-8-9-14(17(16)19(21)23-2)15(13)11-24-10-12-6-4-3-5-7-12/h3-9,13-17H,10-11H2,1-2H3/t13-,14+,15?,16-,17+. The molecule has 1 aromatic carbocycles. The van der Waals surface area contributed by atoms with Crippen molar-refractivity contribution in [2.45, 2.75) is 6.61 Å². The third kappa shape index (κ3) is 2.96. The smallest absolute Gasteiger partial charge is 0.310 e. The number of fused-ring (bicyclic) bond motifs is 2. The zero-order valence-corrected chi connectivity index (χ0v) is 13.9. The zero-order chi connectivity index (χ0) is 17.1. The summed E-state index contributed by atoms with van der Waals surface area (Å²) < 4.78 is 15.7. The molecule has 0 aliphatic heterocycles. The first-order valence-corrected chi connectivity index (χ1v) is 8.13. The lowest BCUT2D eigenvalue weighted by Gasteiger charge is -2.23. The van der Waals surface area contributed by atoms with Gasteiger partial charge in [-0.05, 0) is 23.3 Å². The van der Waals surface area contributed by atoms with E-state index >= 15 is 0 Å². The zero-order valence-electron chi connectivity index (χ0n) is 13.9. The summed E-state index contributed by atoms with van der Waals surface area (Å²) in [6, 6.07) is 9.93. The van der Waals surface area contributed by atoms with Crippen LogP contribution in [0.5, 0.6) is 0 Å². The Bertz CT molecular complexity index is 592. The fraction of sp³-hybridized carbons (Fsp3) is 0.474. The number of allylic oxidation sites excluding steroid dienone is 2. The van der Waals surface area contributed by atoms with Gasteiger partial charge in [0, 0.05) is 0 Å². The number of ether oxygens (including phenoxy) is 3. The molecule has 24 heavy (non-hydrogen) atoms. The summed E-state index contributed by atoms with van der Waals surface area (Å²) in [4.78, 5) is 24.3. The van der Waals surface area contributed by atoms with E-state index in [1.165, 1.54) is 14.2 Å². The first-order chi connectivity index (χ1) is 11.7. The molecule has 0 N–H and O–H groups in total. The van der Waals surface area contributed by atoms with Crippen molar-refractivity contribution in [2.24, 2.45) is 29.6 Å². The highest BCUT2D eigenvalue weighted by atomic mass is 16.5. The number of benzene rings is 1. The summed E-state index contributed by atoms with van der Waals surface area (Å²) in [5, 5.41) is 0. The van der Waals surface area contributed by atoms with Gasteiger partial charge in [-0.1, -0.05) is 42.5 Å². The minimum atomic E-state index is -0.484. The van der Waals surface area contributed by atoms with Gasteiger partial charge in [-0.15, -0.1) is 0 Å². The van der Waals surface area contributed by atoms with E-state index in [0.29, 0.717) is 13.2 Å². The minimum absolute atomic E-state index is 0.0395. The van der Waals surface area contributed by atoms with Gasteiger partial charge in [0.2, 0.25) is 0 Å². The molecule has 1 saturated carbocycles. The Labute approximate surface area is 141 Å². The Morgan fingerprint density at radius 3 is 1.96 bits per heavy atom. The average Bonchev–Trinajstić information content (AvgIpc) is 3.16. The fourth-order valence-corrected chi connectivity index (χ4v) is 4.04. The Kier molecular flexibility index (Phi) is 5.00. The van der Waals surface area contributed by atoms with Crippen LogP contribution in [0, 0.1) is 29.6 Å². The summed E-state index contributed by atoms with van der Waals surface area (Å²) in [5.41, 5.74) is 1.10. The molecule has 2 bridgehead atoms. The molecule has 5 heteroatoms. The van der Waals surface area contributed by atoms with Gasteiger partial charge < -0.3 is 14.2 Å². The minimum Gasteiger partial charge on any atom is -0.469 e. The Balaban J connectivity index is 1.69. The third-order valence-electron chi connectivity index (χ3n) is 5.13. The molecular weight excluding hydrogens is 308 g/mol. The van der Waals surface area contributed by atoms with E-state index in [2.05, 4.69) is 0 Å². The molecule has 0 amide bonds. The number of rotatable bonds is 6. The van der Waals surface area contributed by atoms with Crippen LogP contribution >= 0.6 is 0 Å². The van der Waals surface area contributed by atoms with E-state index in [4.69, 9.17) is 14.2 Å². The Morgan fingerprint density at radius 2 is 1.46 bits per heavy atom. The van der Waals surface area contributed by atoms with E-state index in [1.54, 1.807) is 0 Å².